The third-order valence-electron chi connectivity index (χ3n) is 6.36. The van der Waals surface area contributed by atoms with E-state index in [2.05, 4.69) is 13.0 Å². The van der Waals surface area contributed by atoms with Gasteiger partial charge in [0.1, 0.15) is 32.3 Å². The molecule has 1 atom stereocenters. The molecule has 1 rings (SSSR count). The van der Waals surface area contributed by atoms with Crippen LogP contribution in [-0.4, -0.2) is 88.9 Å². The minimum atomic E-state index is -4.55. The number of nitrogens with zero attached hydrogens (tertiary/aromatic N) is 2. The molecular weight excluding hydrogens is 491 g/mol. The van der Waals surface area contributed by atoms with Gasteiger partial charge in [-0.05, 0) is 19.3 Å². The van der Waals surface area contributed by atoms with Crippen molar-refractivity contribution >= 4 is 21.7 Å². The van der Waals surface area contributed by atoms with Gasteiger partial charge in [0.05, 0.1) is 22.5 Å². The van der Waals surface area contributed by atoms with Gasteiger partial charge >= 0.3 is 35.4 Å². The summed E-state index contributed by atoms with van der Waals surface area (Å²) in [7, 11) is -4.55. The summed E-state index contributed by atoms with van der Waals surface area (Å²) in [5.41, 5.74) is 0. The van der Waals surface area contributed by atoms with E-state index in [-0.39, 0.29) is 48.5 Å². The number of carbonyl (C=O) groups excluding carboxylic acids is 1. The van der Waals surface area contributed by atoms with Crippen molar-refractivity contribution in [2.24, 2.45) is 0 Å². The van der Waals surface area contributed by atoms with Gasteiger partial charge in [0, 0.05) is 6.42 Å². The maximum absolute atomic E-state index is 12.8. The molecule has 0 aromatic heterocycles. The number of aliphatic hydroxyl groups is 2. The number of β-amino-alcohol motifs (C(OH)–C–C–N with tert-alkyl or cyclic N) is 2. The fourth-order valence-electron chi connectivity index (χ4n) is 4.55. The van der Waals surface area contributed by atoms with Crippen LogP contribution >= 0.6 is 0 Å². The average Bonchev–Trinajstić information content (AvgIpc) is 3.17. The van der Waals surface area contributed by atoms with Crippen molar-refractivity contribution in [1.82, 2.24) is 4.90 Å². The molecule has 0 spiro atoms. The van der Waals surface area contributed by atoms with Gasteiger partial charge in [-0.1, -0.05) is 83.3 Å². The Hall–Kier alpha value is -0.290. The normalized spacial score (nSPS) is 15.1. The number of unbranched alkanes of at least 4 members (excludes halogenated alkanes) is 11. The number of amidine groups is 1. The number of hydrogen-bond donors (Lipinski definition) is 2. The van der Waals surface area contributed by atoms with Gasteiger partial charge in [0.15, 0.2) is 0 Å². The largest absolute Gasteiger partial charge is 1.00 e. The molecule has 0 saturated heterocycles. The smallest absolute Gasteiger partial charge is 0.748 e. The van der Waals surface area contributed by atoms with Crippen molar-refractivity contribution in [3.63, 3.8) is 0 Å². The van der Waals surface area contributed by atoms with Gasteiger partial charge in [-0.2, -0.15) is 0 Å². The number of allylic oxidation sites excluding steroid dienone is 2. The van der Waals surface area contributed by atoms with Gasteiger partial charge in [0.2, 0.25) is 5.78 Å². The van der Waals surface area contributed by atoms with Crippen LogP contribution in [0.1, 0.15) is 96.8 Å². The molecule has 1 unspecified atom stereocenters. The minimum absolute atomic E-state index is 0. The molecule has 2 N–H and O–H groups in total. The predicted molar refractivity (Wildman–Crippen MR) is 139 cm³/mol. The zero-order valence-electron chi connectivity index (χ0n) is 22.7. The standard InChI is InChI=1S/C26H48N2O6S.Na/c1-2-3-4-5-6-7-8-9-10-11-12-13-14-15-16-17-25(31)26-27(20-21-29)18-19-28(26)22-24(30)23-35(32,33)34;/h14-15,24,29-30H,2-13,16-23H2,1H3;/q;+1/b15-14+;. The van der Waals surface area contributed by atoms with Crippen LogP contribution in [0.4, 0.5) is 0 Å². The third-order valence-corrected chi connectivity index (χ3v) is 7.16. The fourth-order valence-corrected chi connectivity index (χ4v) is 5.13. The first-order chi connectivity index (χ1) is 16.8. The quantitative estimate of drug-likeness (QED) is 0.0664. The van der Waals surface area contributed by atoms with Crippen LogP contribution in [0, 0.1) is 0 Å². The van der Waals surface area contributed by atoms with E-state index in [1.54, 1.807) is 9.48 Å². The molecule has 204 valence electrons. The van der Waals surface area contributed by atoms with Crippen molar-refractivity contribution in [3.8, 4) is 0 Å². The minimum Gasteiger partial charge on any atom is -0.748 e. The van der Waals surface area contributed by atoms with Crippen molar-refractivity contribution in [3.05, 3.63) is 12.2 Å². The molecule has 0 fully saturated rings. The third kappa shape index (κ3) is 17.3. The number of carbonyl (C=O) groups is 1. The monoisotopic (exact) mass is 539 g/mol. The number of aliphatic hydroxyl groups excluding tert-OH is 2. The first kappa shape index (κ1) is 35.7. The van der Waals surface area contributed by atoms with Crippen molar-refractivity contribution in [2.75, 3.05) is 38.5 Å². The molecule has 1 aliphatic rings. The first-order valence-corrected chi connectivity index (χ1v) is 15.1. The summed E-state index contributed by atoms with van der Waals surface area (Å²) in [6.45, 7) is 3.28. The molecule has 0 bridgehead atoms. The predicted octanol–water partition coefficient (Wildman–Crippen LogP) is 0.222. The Kier molecular flexibility index (Phi) is 21.4. The fraction of sp³-hybridized carbons (Fsp3) is 0.846. The zero-order chi connectivity index (χ0) is 25.9. The molecule has 0 saturated carbocycles. The Morgan fingerprint density at radius 1 is 1.03 bits per heavy atom. The summed E-state index contributed by atoms with van der Waals surface area (Å²) in [6, 6.07) is 0. The first-order valence-electron chi connectivity index (χ1n) is 13.6. The van der Waals surface area contributed by atoms with E-state index in [9.17, 15) is 28.0 Å². The maximum atomic E-state index is 12.8. The SMILES string of the molecule is CCCCCCCCCCCCC/C=C/CCC(=O)C1=[N+](CC(O)CS(=O)(=O)[O-])CCN1CCO.[Na+]. The topological polar surface area (TPSA) is 121 Å². The van der Waals surface area contributed by atoms with Gasteiger partial charge in [-0.25, -0.2) is 8.42 Å². The second-order valence-corrected chi connectivity index (χ2v) is 11.1. The van der Waals surface area contributed by atoms with E-state index in [0.29, 0.717) is 38.3 Å². The molecule has 10 heteroatoms. The summed E-state index contributed by atoms with van der Waals surface area (Å²) in [6.07, 6.45) is 19.2. The Morgan fingerprint density at radius 3 is 2.14 bits per heavy atom. The van der Waals surface area contributed by atoms with E-state index < -0.39 is 22.0 Å². The maximum Gasteiger partial charge on any atom is 1.00 e. The average molecular weight is 540 g/mol. The summed E-state index contributed by atoms with van der Waals surface area (Å²) >= 11 is 0. The van der Waals surface area contributed by atoms with E-state index in [0.717, 1.165) is 12.8 Å². The van der Waals surface area contributed by atoms with E-state index >= 15 is 0 Å². The van der Waals surface area contributed by atoms with Crippen LogP contribution in [0.5, 0.6) is 0 Å². The Balaban J connectivity index is 0.0000122. The number of rotatable bonds is 22. The summed E-state index contributed by atoms with van der Waals surface area (Å²) in [5.74, 6) is -0.597. The molecule has 0 amide bonds. The molecule has 36 heavy (non-hydrogen) atoms. The Bertz CT molecular complexity index is 758. The van der Waals surface area contributed by atoms with E-state index in [1.165, 1.54) is 64.2 Å². The molecule has 0 radical (unpaired) electrons. The van der Waals surface area contributed by atoms with Crippen LogP contribution in [0.2, 0.25) is 0 Å². The summed E-state index contributed by atoms with van der Waals surface area (Å²) in [4.78, 5) is 14.6. The molecule has 0 aromatic rings. The van der Waals surface area contributed by atoms with Gasteiger partial charge in [-0.3, -0.25) is 14.3 Å². The van der Waals surface area contributed by atoms with Crippen molar-refractivity contribution in [2.45, 2.75) is 103 Å². The number of Topliss-reactive ketones (excluding diaryl/α,β-unsaturated/α-hetero) is 1. The number of hydrogen-bond acceptors (Lipinski definition) is 7. The molecule has 1 heterocycles. The van der Waals surface area contributed by atoms with E-state index in [1.807, 2.05) is 6.08 Å². The van der Waals surface area contributed by atoms with E-state index in [4.69, 9.17) is 0 Å². The molecular formula is C26H48N2NaO6S+. The summed E-state index contributed by atoms with van der Waals surface area (Å²) < 4.78 is 34.3. The molecule has 1 aliphatic heterocycles. The van der Waals surface area contributed by atoms with Gasteiger partial charge in [0.25, 0.3) is 0 Å². The zero-order valence-corrected chi connectivity index (χ0v) is 25.5. The van der Waals surface area contributed by atoms with Crippen molar-refractivity contribution < 1.29 is 62.1 Å². The van der Waals surface area contributed by atoms with Gasteiger partial charge < -0.3 is 14.8 Å². The van der Waals surface area contributed by atoms with Crippen molar-refractivity contribution in [1.29, 1.82) is 0 Å². The second-order valence-electron chi connectivity index (χ2n) is 9.62. The molecule has 0 aromatic carbocycles. The van der Waals surface area contributed by atoms with Crippen LogP contribution in [-0.2, 0) is 14.9 Å². The van der Waals surface area contributed by atoms with Crippen LogP contribution < -0.4 is 29.6 Å². The Labute approximate surface area is 241 Å². The van der Waals surface area contributed by atoms with Crippen LogP contribution in [0.25, 0.3) is 0 Å². The molecule has 8 nitrogen and oxygen atoms in total. The number of ketones is 1. The van der Waals surface area contributed by atoms with Crippen LogP contribution in [0.3, 0.4) is 0 Å². The Morgan fingerprint density at radius 2 is 1.58 bits per heavy atom. The van der Waals surface area contributed by atoms with Gasteiger partial charge in [-0.15, -0.1) is 0 Å². The van der Waals surface area contributed by atoms with Crippen LogP contribution in [0.15, 0.2) is 12.2 Å². The summed E-state index contributed by atoms with van der Waals surface area (Å²) in [5, 5.41) is 19.3. The second kappa shape index (κ2) is 21.6. The molecule has 0 aliphatic carbocycles.